The number of carbonyl (C=O) groups excluding carboxylic acids is 1. The summed E-state index contributed by atoms with van der Waals surface area (Å²) in [5.41, 5.74) is 0.710. The van der Waals surface area contributed by atoms with Crippen molar-refractivity contribution in [3.05, 3.63) is 60.2 Å². The van der Waals surface area contributed by atoms with Gasteiger partial charge in [-0.25, -0.2) is 0 Å². The summed E-state index contributed by atoms with van der Waals surface area (Å²) in [6, 6.07) is 17.0. The highest BCUT2D eigenvalue weighted by atomic mass is 35.5. The first-order valence-corrected chi connectivity index (χ1v) is 7.66. The van der Waals surface area contributed by atoms with Crippen LogP contribution in [0.25, 0.3) is 0 Å². The normalized spacial score (nSPS) is 14.5. The molecule has 1 aliphatic rings. The number of amides is 1. The number of carbonyl (C=O) groups is 1. The third-order valence-electron chi connectivity index (χ3n) is 3.71. The van der Waals surface area contributed by atoms with Gasteiger partial charge >= 0.3 is 0 Å². The molecule has 0 spiro atoms. The van der Waals surface area contributed by atoms with Crippen LogP contribution in [0.2, 0.25) is 0 Å². The summed E-state index contributed by atoms with van der Waals surface area (Å²) in [6.45, 7) is 3.42. The molecule has 0 aliphatic carbocycles. The molecule has 2 aromatic rings. The van der Waals surface area contributed by atoms with E-state index in [2.05, 4.69) is 5.32 Å². The van der Waals surface area contributed by atoms with Crippen LogP contribution in [-0.2, 0) is 0 Å². The smallest absolute Gasteiger partial charge is 0.253 e. The predicted molar refractivity (Wildman–Crippen MR) is 93.6 cm³/mol. The minimum absolute atomic E-state index is 0. The van der Waals surface area contributed by atoms with Crippen molar-refractivity contribution >= 4 is 18.3 Å². The number of benzene rings is 2. The maximum Gasteiger partial charge on any atom is 0.253 e. The van der Waals surface area contributed by atoms with E-state index in [-0.39, 0.29) is 18.3 Å². The highest BCUT2D eigenvalue weighted by Crippen LogP contribution is 2.21. The van der Waals surface area contributed by atoms with Gasteiger partial charge in [-0.15, -0.1) is 12.4 Å². The summed E-state index contributed by atoms with van der Waals surface area (Å²) < 4.78 is 5.74. The Bertz CT molecular complexity index is 609. The Kier molecular flexibility index (Phi) is 6.44. The van der Waals surface area contributed by atoms with Gasteiger partial charge in [-0.3, -0.25) is 4.79 Å². The fraction of sp³-hybridized carbons (Fsp3) is 0.278. The number of nitrogens with one attached hydrogen (secondary N) is 1. The summed E-state index contributed by atoms with van der Waals surface area (Å²) >= 11 is 0. The molecule has 1 N–H and O–H groups in total. The zero-order chi connectivity index (χ0) is 15.2. The van der Waals surface area contributed by atoms with Gasteiger partial charge < -0.3 is 15.0 Å². The number of rotatable bonds is 3. The van der Waals surface area contributed by atoms with E-state index in [4.69, 9.17) is 4.74 Å². The standard InChI is InChI=1S/C18H20N2O2.ClH/c21-18(20-13-4-11-19-12-14-20)15-7-9-17(10-8-15)22-16-5-2-1-3-6-16;/h1-3,5-10,19H,4,11-14H2;1H. The summed E-state index contributed by atoms with van der Waals surface area (Å²) in [4.78, 5) is 14.4. The van der Waals surface area contributed by atoms with E-state index in [0.29, 0.717) is 5.56 Å². The molecule has 1 fully saturated rings. The number of halogens is 1. The van der Waals surface area contributed by atoms with Crippen molar-refractivity contribution < 1.29 is 9.53 Å². The SMILES string of the molecule is Cl.O=C(c1ccc(Oc2ccccc2)cc1)N1CCCNCC1. The summed E-state index contributed by atoms with van der Waals surface area (Å²) in [5.74, 6) is 1.62. The molecule has 3 rings (SSSR count). The maximum atomic E-state index is 12.5. The van der Waals surface area contributed by atoms with Crippen LogP contribution < -0.4 is 10.1 Å². The lowest BCUT2D eigenvalue weighted by atomic mass is 10.2. The van der Waals surface area contributed by atoms with Gasteiger partial charge in [0.1, 0.15) is 11.5 Å². The lowest BCUT2D eigenvalue weighted by Gasteiger charge is -2.20. The Morgan fingerprint density at radius 1 is 0.913 bits per heavy atom. The Morgan fingerprint density at radius 3 is 2.35 bits per heavy atom. The highest BCUT2D eigenvalue weighted by molar-refractivity contribution is 5.94. The van der Waals surface area contributed by atoms with Crippen LogP contribution in [0, 0.1) is 0 Å². The van der Waals surface area contributed by atoms with Crippen molar-refractivity contribution in [1.82, 2.24) is 10.2 Å². The van der Waals surface area contributed by atoms with Gasteiger partial charge in [0.15, 0.2) is 0 Å². The van der Waals surface area contributed by atoms with Gasteiger partial charge in [-0.05, 0) is 49.4 Å². The quantitative estimate of drug-likeness (QED) is 0.937. The number of hydrogen-bond acceptors (Lipinski definition) is 3. The fourth-order valence-electron chi connectivity index (χ4n) is 2.52. The van der Waals surface area contributed by atoms with Gasteiger partial charge in [0.05, 0.1) is 0 Å². The van der Waals surface area contributed by atoms with Gasteiger partial charge in [0.2, 0.25) is 0 Å². The van der Waals surface area contributed by atoms with Crippen molar-refractivity contribution in [2.45, 2.75) is 6.42 Å². The zero-order valence-electron chi connectivity index (χ0n) is 12.9. The fourth-order valence-corrected chi connectivity index (χ4v) is 2.52. The lowest BCUT2D eigenvalue weighted by Crippen LogP contribution is -2.34. The number of para-hydroxylation sites is 1. The second-order valence-corrected chi connectivity index (χ2v) is 5.34. The summed E-state index contributed by atoms with van der Waals surface area (Å²) in [6.07, 6.45) is 1.00. The van der Waals surface area contributed by atoms with Crippen LogP contribution in [0.15, 0.2) is 54.6 Å². The molecule has 0 aromatic heterocycles. The van der Waals surface area contributed by atoms with Crippen molar-refractivity contribution in [3.8, 4) is 11.5 Å². The second-order valence-electron chi connectivity index (χ2n) is 5.34. The van der Waals surface area contributed by atoms with Crippen molar-refractivity contribution in [2.75, 3.05) is 26.2 Å². The largest absolute Gasteiger partial charge is 0.457 e. The van der Waals surface area contributed by atoms with Crippen LogP contribution in [0.1, 0.15) is 16.8 Å². The molecule has 1 aliphatic heterocycles. The van der Waals surface area contributed by atoms with E-state index in [1.807, 2.05) is 59.5 Å². The van der Waals surface area contributed by atoms with Gasteiger partial charge in [-0.2, -0.15) is 0 Å². The van der Waals surface area contributed by atoms with E-state index in [9.17, 15) is 4.79 Å². The number of nitrogens with zero attached hydrogens (tertiary/aromatic N) is 1. The van der Waals surface area contributed by atoms with E-state index in [1.54, 1.807) is 0 Å². The Hall–Kier alpha value is -2.04. The molecule has 1 amide bonds. The first-order chi connectivity index (χ1) is 10.8. The molecule has 5 heteroatoms. The van der Waals surface area contributed by atoms with Crippen LogP contribution in [0.3, 0.4) is 0 Å². The molecule has 0 unspecified atom stereocenters. The molecule has 2 aromatic carbocycles. The number of ether oxygens (including phenoxy) is 1. The highest BCUT2D eigenvalue weighted by Gasteiger charge is 2.16. The first kappa shape index (κ1) is 17.3. The minimum Gasteiger partial charge on any atom is -0.457 e. The minimum atomic E-state index is 0. The third kappa shape index (κ3) is 4.71. The predicted octanol–water partition coefficient (Wildman–Crippen LogP) is 3.34. The maximum absolute atomic E-state index is 12.5. The average Bonchev–Trinajstić information content (AvgIpc) is 2.85. The monoisotopic (exact) mass is 332 g/mol. The van der Waals surface area contributed by atoms with Crippen LogP contribution in [-0.4, -0.2) is 37.0 Å². The van der Waals surface area contributed by atoms with Crippen molar-refractivity contribution in [3.63, 3.8) is 0 Å². The molecule has 4 nitrogen and oxygen atoms in total. The molecular weight excluding hydrogens is 312 g/mol. The zero-order valence-corrected chi connectivity index (χ0v) is 13.7. The topological polar surface area (TPSA) is 41.6 Å². The van der Waals surface area contributed by atoms with Gasteiger partial charge in [0, 0.05) is 25.2 Å². The van der Waals surface area contributed by atoms with Crippen LogP contribution in [0.4, 0.5) is 0 Å². The lowest BCUT2D eigenvalue weighted by molar-refractivity contribution is 0.0766. The van der Waals surface area contributed by atoms with Crippen LogP contribution in [0.5, 0.6) is 11.5 Å². The molecule has 0 saturated carbocycles. The molecule has 0 bridgehead atoms. The van der Waals surface area contributed by atoms with Gasteiger partial charge in [0.25, 0.3) is 5.91 Å². The average molecular weight is 333 g/mol. The summed E-state index contributed by atoms with van der Waals surface area (Å²) in [5, 5.41) is 3.31. The Morgan fingerprint density at radius 2 is 1.61 bits per heavy atom. The van der Waals surface area contributed by atoms with Crippen LogP contribution >= 0.6 is 12.4 Å². The number of hydrogen-bond donors (Lipinski definition) is 1. The molecule has 0 radical (unpaired) electrons. The Balaban J connectivity index is 0.00000192. The summed E-state index contributed by atoms with van der Waals surface area (Å²) in [7, 11) is 0. The Labute approximate surface area is 142 Å². The van der Waals surface area contributed by atoms with Crippen molar-refractivity contribution in [2.24, 2.45) is 0 Å². The molecule has 122 valence electrons. The van der Waals surface area contributed by atoms with E-state index in [0.717, 1.165) is 44.1 Å². The molecule has 23 heavy (non-hydrogen) atoms. The van der Waals surface area contributed by atoms with Gasteiger partial charge in [-0.1, -0.05) is 18.2 Å². The third-order valence-corrected chi connectivity index (χ3v) is 3.71. The van der Waals surface area contributed by atoms with E-state index >= 15 is 0 Å². The van der Waals surface area contributed by atoms with E-state index in [1.165, 1.54) is 0 Å². The molecular formula is C18H21ClN2O2. The second kappa shape index (κ2) is 8.56. The van der Waals surface area contributed by atoms with E-state index < -0.39 is 0 Å². The molecule has 1 heterocycles. The molecule has 1 saturated heterocycles. The molecule has 0 atom stereocenters. The first-order valence-electron chi connectivity index (χ1n) is 7.66. The van der Waals surface area contributed by atoms with Crippen molar-refractivity contribution in [1.29, 1.82) is 0 Å².